The lowest BCUT2D eigenvalue weighted by Crippen LogP contribution is -2.16. The normalized spacial score (nSPS) is 23.0. The Labute approximate surface area is 109 Å². The van der Waals surface area contributed by atoms with Crippen molar-refractivity contribution in [3.63, 3.8) is 0 Å². The molecule has 0 spiro atoms. The summed E-state index contributed by atoms with van der Waals surface area (Å²) in [4.78, 5) is 0. The minimum Gasteiger partial charge on any atom is -0.388 e. The Bertz CT molecular complexity index is 508. The number of sulfone groups is 1. The molecule has 1 aromatic carbocycles. The van der Waals surface area contributed by atoms with Gasteiger partial charge in [0.05, 0.1) is 11.9 Å². The molecule has 0 heterocycles. The molecule has 0 amide bonds. The molecular weight excluding hydrogens is 248 g/mol. The smallest absolute Gasteiger partial charge is 0.150 e. The minimum atomic E-state index is -2.94. The minimum absolute atomic E-state index is 0.0500. The lowest BCUT2D eigenvalue weighted by molar-refractivity contribution is 0.121. The second-order valence-electron chi connectivity index (χ2n) is 5.05. The van der Waals surface area contributed by atoms with Gasteiger partial charge in [-0.15, -0.1) is 0 Å². The van der Waals surface area contributed by atoms with Gasteiger partial charge in [-0.1, -0.05) is 31.2 Å². The first-order valence-electron chi connectivity index (χ1n) is 6.50. The fourth-order valence-electron chi connectivity index (χ4n) is 2.66. The highest BCUT2D eigenvalue weighted by molar-refractivity contribution is 7.91. The van der Waals surface area contributed by atoms with Gasteiger partial charge in [0.1, 0.15) is 9.84 Å². The number of aliphatic hydroxyl groups is 1. The molecule has 3 nitrogen and oxygen atoms in total. The first-order chi connectivity index (χ1) is 8.53. The van der Waals surface area contributed by atoms with Gasteiger partial charge in [0.2, 0.25) is 0 Å². The summed E-state index contributed by atoms with van der Waals surface area (Å²) in [5.74, 6) is 0.494. The van der Waals surface area contributed by atoms with Gasteiger partial charge in [-0.05, 0) is 36.3 Å². The molecule has 0 bridgehead atoms. The van der Waals surface area contributed by atoms with E-state index >= 15 is 0 Å². The molecule has 1 aliphatic rings. The maximum Gasteiger partial charge on any atom is 0.150 e. The zero-order chi connectivity index (χ0) is 13.2. The molecule has 2 unspecified atom stereocenters. The van der Waals surface area contributed by atoms with Gasteiger partial charge >= 0.3 is 0 Å². The van der Waals surface area contributed by atoms with Gasteiger partial charge in [0.25, 0.3) is 0 Å². The molecule has 2 rings (SSSR count). The fraction of sp³-hybridized carbons (Fsp3) is 0.571. The number of rotatable bonds is 5. The van der Waals surface area contributed by atoms with Gasteiger partial charge in [-0.25, -0.2) is 8.42 Å². The number of aliphatic hydroxyl groups excluding tert-OH is 1. The van der Waals surface area contributed by atoms with Crippen molar-refractivity contribution < 1.29 is 13.5 Å². The Morgan fingerprint density at radius 2 is 2.00 bits per heavy atom. The molecule has 0 aliphatic heterocycles. The molecule has 1 aromatic rings. The SMILES string of the molecule is CCCS(=O)(=O)CCC1Cc2ccccc2C1O. The Balaban J connectivity index is 1.98. The molecular formula is C14H20O3S. The monoisotopic (exact) mass is 268 g/mol. The van der Waals surface area contributed by atoms with Crippen molar-refractivity contribution in [2.75, 3.05) is 11.5 Å². The third-order valence-corrected chi connectivity index (χ3v) is 5.51. The summed E-state index contributed by atoms with van der Waals surface area (Å²) in [6, 6.07) is 7.82. The maximum absolute atomic E-state index is 11.7. The van der Waals surface area contributed by atoms with Crippen LogP contribution in [0.3, 0.4) is 0 Å². The van der Waals surface area contributed by atoms with Crippen molar-refractivity contribution in [2.45, 2.75) is 32.3 Å². The second kappa shape index (κ2) is 5.41. The fourth-order valence-corrected chi connectivity index (χ4v) is 4.15. The van der Waals surface area contributed by atoms with Crippen molar-refractivity contribution in [1.82, 2.24) is 0 Å². The predicted octanol–water partition coefficient (Wildman–Crippen LogP) is 2.11. The van der Waals surface area contributed by atoms with E-state index in [1.54, 1.807) is 0 Å². The summed E-state index contributed by atoms with van der Waals surface area (Å²) in [5, 5.41) is 10.2. The summed E-state index contributed by atoms with van der Waals surface area (Å²) in [6.07, 6.45) is 1.51. The summed E-state index contributed by atoms with van der Waals surface area (Å²) >= 11 is 0. The number of fused-ring (bicyclic) bond motifs is 1. The van der Waals surface area contributed by atoms with Crippen molar-refractivity contribution in [1.29, 1.82) is 0 Å². The lowest BCUT2D eigenvalue weighted by Gasteiger charge is -2.14. The summed E-state index contributed by atoms with van der Waals surface area (Å²) < 4.78 is 23.4. The number of hydrogen-bond donors (Lipinski definition) is 1. The average molecular weight is 268 g/mol. The molecule has 0 saturated heterocycles. The van der Waals surface area contributed by atoms with Crippen molar-refractivity contribution in [3.8, 4) is 0 Å². The summed E-state index contributed by atoms with van der Waals surface area (Å²) in [5.41, 5.74) is 2.12. The van der Waals surface area contributed by atoms with Crippen LogP contribution < -0.4 is 0 Å². The Hall–Kier alpha value is -0.870. The van der Waals surface area contributed by atoms with Crippen LogP contribution in [0.5, 0.6) is 0 Å². The van der Waals surface area contributed by atoms with Crippen molar-refractivity contribution in [3.05, 3.63) is 35.4 Å². The molecule has 0 radical (unpaired) electrons. The van der Waals surface area contributed by atoms with E-state index in [4.69, 9.17) is 0 Å². The third kappa shape index (κ3) is 2.93. The highest BCUT2D eigenvalue weighted by Gasteiger charge is 2.31. The maximum atomic E-state index is 11.7. The molecule has 1 N–H and O–H groups in total. The van der Waals surface area contributed by atoms with Gasteiger partial charge in [-0.2, -0.15) is 0 Å². The van der Waals surface area contributed by atoms with Crippen LogP contribution in [0.1, 0.15) is 37.0 Å². The zero-order valence-corrected chi connectivity index (χ0v) is 11.5. The van der Waals surface area contributed by atoms with E-state index in [-0.39, 0.29) is 17.4 Å². The van der Waals surface area contributed by atoms with E-state index in [0.29, 0.717) is 12.8 Å². The molecule has 0 fully saturated rings. The number of benzene rings is 1. The van der Waals surface area contributed by atoms with Crippen LogP contribution in [-0.4, -0.2) is 25.0 Å². The van der Waals surface area contributed by atoms with Gasteiger partial charge < -0.3 is 5.11 Å². The van der Waals surface area contributed by atoms with Crippen LogP contribution >= 0.6 is 0 Å². The van der Waals surface area contributed by atoms with Crippen LogP contribution in [0.15, 0.2) is 24.3 Å². The second-order valence-corrected chi connectivity index (χ2v) is 7.35. The van der Waals surface area contributed by atoms with Crippen LogP contribution in [0.4, 0.5) is 0 Å². The van der Waals surface area contributed by atoms with E-state index in [9.17, 15) is 13.5 Å². The van der Waals surface area contributed by atoms with Gasteiger partial charge in [-0.3, -0.25) is 0 Å². The molecule has 0 aromatic heterocycles. The van der Waals surface area contributed by atoms with Crippen LogP contribution in [-0.2, 0) is 16.3 Å². The van der Waals surface area contributed by atoms with E-state index in [1.807, 2.05) is 31.2 Å². The van der Waals surface area contributed by atoms with E-state index in [1.165, 1.54) is 0 Å². The van der Waals surface area contributed by atoms with Crippen LogP contribution in [0.25, 0.3) is 0 Å². The first kappa shape index (κ1) is 13.6. The topological polar surface area (TPSA) is 54.4 Å². The van der Waals surface area contributed by atoms with Crippen LogP contribution in [0, 0.1) is 5.92 Å². The molecule has 0 saturated carbocycles. The molecule has 4 heteroatoms. The van der Waals surface area contributed by atoms with Gasteiger partial charge in [0.15, 0.2) is 0 Å². The lowest BCUT2D eigenvalue weighted by atomic mass is 10.0. The Morgan fingerprint density at radius 1 is 1.28 bits per heavy atom. The average Bonchev–Trinajstić information content (AvgIpc) is 2.65. The largest absolute Gasteiger partial charge is 0.388 e. The van der Waals surface area contributed by atoms with Crippen molar-refractivity contribution >= 4 is 9.84 Å². The van der Waals surface area contributed by atoms with E-state index in [0.717, 1.165) is 17.5 Å². The highest BCUT2D eigenvalue weighted by atomic mass is 32.2. The quantitative estimate of drug-likeness (QED) is 0.890. The van der Waals surface area contributed by atoms with E-state index in [2.05, 4.69) is 0 Å². The number of hydrogen-bond acceptors (Lipinski definition) is 3. The molecule has 100 valence electrons. The molecule has 1 aliphatic carbocycles. The standard InChI is InChI=1S/C14H20O3S/c1-2-8-18(16,17)9-7-12-10-11-5-3-4-6-13(11)14(12)15/h3-6,12,14-15H,2,7-10H2,1H3. The van der Waals surface area contributed by atoms with Crippen LogP contribution in [0.2, 0.25) is 0 Å². The highest BCUT2D eigenvalue weighted by Crippen LogP contribution is 2.37. The predicted molar refractivity (Wildman–Crippen MR) is 72.2 cm³/mol. The third-order valence-electron chi connectivity index (χ3n) is 3.62. The van der Waals surface area contributed by atoms with Crippen molar-refractivity contribution in [2.24, 2.45) is 5.92 Å². The zero-order valence-electron chi connectivity index (χ0n) is 10.7. The van der Waals surface area contributed by atoms with Gasteiger partial charge in [0, 0.05) is 5.75 Å². The Morgan fingerprint density at radius 3 is 2.67 bits per heavy atom. The molecule has 2 atom stereocenters. The Kier molecular flexibility index (Phi) is 4.07. The summed E-state index contributed by atoms with van der Waals surface area (Å²) in [6.45, 7) is 1.87. The first-order valence-corrected chi connectivity index (χ1v) is 8.32. The van der Waals surface area contributed by atoms with E-state index < -0.39 is 15.9 Å². The molecule has 18 heavy (non-hydrogen) atoms. The summed E-state index contributed by atoms with van der Waals surface area (Å²) in [7, 11) is -2.94.